The van der Waals surface area contributed by atoms with Gasteiger partial charge in [-0.25, -0.2) is 9.18 Å². The average molecular weight is 341 g/mol. The lowest BCUT2D eigenvalue weighted by molar-refractivity contribution is 0.0519. The molecule has 0 aliphatic rings. The van der Waals surface area contributed by atoms with Crippen LogP contribution in [0.15, 0.2) is 12.1 Å². The Balaban J connectivity index is 2.88. The van der Waals surface area contributed by atoms with Crippen LogP contribution in [0.1, 0.15) is 33.3 Å². The van der Waals surface area contributed by atoms with Gasteiger partial charge in [0.2, 0.25) is 5.82 Å². The molecule has 0 heterocycles. The van der Waals surface area contributed by atoms with Crippen LogP contribution < -0.4 is 10.1 Å². The summed E-state index contributed by atoms with van der Waals surface area (Å²) < 4.78 is 37.1. The largest absolute Gasteiger partial charge is 0.487 e. The van der Waals surface area contributed by atoms with E-state index in [-0.39, 0.29) is 24.5 Å². The van der Waals surface area contributed by atoms with Crippen LogP contribution in [-0.2, 0) is 4.74 Å². The zero-order valence-electron chi connectivity index (χ0n) is 14.1. The van der Waals surface area contributed by atoms with Crippen molar-refractivity contribution in [3.8, 4) is 17.6 Å². The zero-order chi connectivity index (χ0) is 18.3. The number of halogens is 2. The fourth-order valence-corrected chi connectivity index (χ4v) is 1.63. The Hall–Kier alpha value is -2.33. The first kappa shape index (κ1) is 19.7. The number of ether oxygens (including phenoxy) is 2. The predicted molar refractivity (Wildman–Crippen MR) is 84.6 cm³/mol. The molecule has 0 radical (unpaired) electrons. The van der Waals surface area contributed by atoms with Crippen LogP contribution in [0.2, 0.25) is 0 Å². The van der Waals surface area contributed by atoms with Crippen LogP contribution in [-0.4, -0.2) is 36.1 Å². The summed E-state index contributed by atoms with van der Waals surface area (Å²) in [6.07, 6.45) is -0.633. The standard InChI is InChI=1S/C17H21F2NO4/c1-11(20-16(22)24-17(2,3)4)5-6-12-7-8-13(18)14(19)15(12)23-10-9-21/h7-8,11,21H,9-10H2,1-4H3,(H,20,22)/t11-/m1/s1. The van der Waals surface area contributed by atoms with Crippen LogP contribution in [0.4, 0.5) is 13.6 Å². The zero-order valence-corrected chi connectivity index (χ0v) is 14.1. The Kier molecular flexibility index (Phi) is 6.98. The van der Waals surface area contributed by atoms with E-state index in [0.29, 0.717) is 0 Å². The Labute approximate surface area is 140 Å². The molecule has 0 bridgehead atoms. The number of amides is 1. The number of aliphatic hydroxyl groups is 1. The minimum Gasteiger partial charge on any atom is -0.487 e. The first-order valence-electron chi connectivity index (χ1n) is 7.36. The molecule has 1 amide bonds. The number of carbonyl (C=O) groups excluding carboxylic acids is 1. The van der Waals surface area contributed by atoms with Crippen molar-refractivity contribution in [2.75, 3.05) is 13.2 Å². The Morgan fingerprint density at radius 1 is 1.38 bits per heavy atom. The summed E-state index contributed by atoms with van der Waals surface area (Å²) in [5.74, 6) is 2.68. The molecule has 5 nitrogen and oxygen atoms in total. The maximum Gasteiger partial charge on any atom is 0.408 e. The van der Waals surface area contributed by atoms with Gasteiger partial charge in [0, 0.05) is 0 Å². The highest BCUT2D eigenvalue weighted by Gasteiger charge is 2.17. The molecule has 0 aliphatic heterocycles. The number of carbonyl (C=O) groups is 1. The van der Waals surface area contributed by atoms with Crippen molar-refractivity contribution >= 4 is 6.09 Å². The Morgan fingerprint density at radius 3 is 2.62 bits per heavy atom. The van der Waals surface area contributed by atoms with E-state index in [1.165, 1.54) is 6.07 Å². The van der Waals surface area contributed by atoms with Gasteiger partial charge < -0.3 is 19.9 Å². The van der Waals surface area contributed by atoms with Crippen molar-refractivity contribution in [2.45, 2.75) is 39.3 Å². The molecule has 2 N–H and O–H groups in total. The number of hydrogen-bond donors (Lipinski definition) is 2. The van der Waals surface area contributed by atoms with Gasteiger partial charge in [0.15, 0.2) is 11.6 Å². The van der Waals surface area contributed by atoms with Gasteiger partial charge in [0.1, 0.15) is 12.2 Å². The monoisotopic (exact) mass is 341 g/mol. The van der Waals surface area contributed by atoms with Gasteiger partial charge in [-0.2, -0.15) is 4.39 Å². The molecule has 0 aliphatic carbocycles. The molecule has 0 saturated heterocycles. The second-order valence-electron chi connectivity index (χ2n) is 5.95. The Bertz CT molecular complexity index is 644. The third kappa shape index (κ3) is 6.42. The maximum absolute atomic E-state index is 13.8. The van der Waals surface area contributed by atoms with Crippen molar-refractivity contribution in [2.24, 2.45) is 0 Å². The first-order chi connectivity index (χ1) is 11.1. The topological polar surface area (TPSA) is 67.8 Å². The molecule has 0 unspecified atom stereocenters. The highest BCUT2D eigenvalue weighted by molar-refractivity contribution is 5.68. The van der Waals surface area contributed by atoms with Gasteiger partial charge in [-0.15, -0.1) is 0 Å². The molecule has 1 rings (SSSR count). The smallest absolute Gasteiger partial charge is 0.408 e. The predicted octanol–water partition coefficient (Wildman–Crippen LogP) is 2.60. The van der Waals surface area contributed by atoms with E-state index in [9.17, 15) is 13.6 Å². The van der Waals surface area contributed by atoms with Crippen molar-refractivity contribution in [1.82, 2.24) is 5.32 Å². The van der Waals surface area contributed by atoms with Crippen LogP contribution in [0.25, 0.3) is 0 Å². The molecular formula is C17H21F2NO4. The molecule has 0 saturated carbocycles. The van der Waals surface area contributed by atoms with E-state index < -0.39 is 29.4 Å². The average Bonchev–Trinajstić information content (AvgIpc) is 2.45. The minimum absolute atomic E-state index is 0.111. The number of benzene rings is 1. The minimum atomic E-state index is -1.18. The van der Waals surface area contributed by atoms with Gasteiger partial charge in [0.25, 0.3) is 0 Å². The van der Waals surface area contributed by atoms with E-state index in [4.69, 9.17) is 14.6 Å². The lowest BCUT2D eigenvalue weighted by Crippen LogP contribution is -2.37. The summed E-state index contributed by atoms with van der Waals surface area (Å²) in [7, 11) is 0. The number of rotatable bonds is 4. The SMILES string of the molecule is C[C@H](C#Cc1ccc(F)c(F)c1OCCO)NC(=O)OC(C)(C)C. The van der Waals surface area contributed by atoms with Gasteiger partial charge in [-0.1, -0.05) is 11.8 Å². The third-order valence-corrected chi connectivity index (χ3v) is 2.54. The van der Waals surface area contributed by atoms with Crippen LogP contribution >= 0.6 is 0 Å². The number of alkyl carbamates (subject to hydrolysis) is 1. The molecule has 1 aromatic carbocycles. The second kappa shape index (κ2) is 8.50. The van der Waals surface area contributed by atoms with Crippen molar-refractivity contribution < 1.29 is 28.2 Å². The quantitative estimate of drug-likeness (QED) is 0.826. The summed E-state index contributed by atoms with van der Waals surface area (Å²) >= 11 is 0. The van der Waals surface area contributed by atoms with E-state index in [2.05, 4.69) is 17.2 Å². The van der Waals surface area contributed by atoms with Gasteiger partial charge in [0.05, 0.1) is 18.2 Å². The second-order valence-corrected chi connectivity index (χ2v) is 5.95. The summed E-state index contributed by atoms with van der Waals surface area (Å²) in [5, 5.41) is 11.3. The molecule has 1 aromatic rings. The summed E-state index contributed by atoms with van der Waals surface area (Å²) in [6.45, 7) is 6.27. The molecule has 1 atom stereocenters. The van der Waals surface area contributed by atoms with Crippen molar-refractivity contribution in [3.05, 3.63) is 29.3 Å². The normalized spacial score (nSPS) is 12.0. The first-order valence-corrected chi connectivity index (χ1v) is 7.36. The van der Waals surface area contributed by atoms with E-state index in [0.717, 1.165) is 6.07 Å². The fraction of sp³-hybridized carbons (Fsp3) is 0.471. The Morgan fingerprint density at radius 2 is 2.04 bits per heavy atom. The molecule has 0 fully saturated rings. The summed E-state index contributed by atoms with van der Waals surface area (Å²) in [6, 6.07) is 1.61. The third-order valence-electron chi connectivity index (χ3n) is 2.54. The molecule has 132 valence electrons. The van der Waals surface area contributed by atoms with E-state index in [1.54, 1.807) is 27.7 Å². The molecule has 24 heavy (non-hydrogen) atoms. The number of aliphatic hydroxyl groups excluding tert-OH is 1. The summed E-state index contributed by atoms with van der Waals surface area (Å²) in [4.78, 5) is 11.6. The molecular weight excluding hydrogens is 320 g/mol. The van der Waals surface area contributed by atoms with Gasteiger partial charge >= 0.3 is 6.09 Å². The van der Waals surface area contributed by atoms with Crippen LogP contribution in [0, 0.1) is 23.5 Å². The maximum atomic E-state index is 13.8. The van der Waals surface area contributed by atoms with Crippen LogP contribution in [0.3, 0.4) is 0 Å². The number of nitrogens with one attached hydrogen (secondary N) is 1. The van der Waals surface area contributed by atoms with Gasteiger partial charge in [-0.05, 0) is 39.8 Å². The molecule has 0 spiro atoms. The lowest BCUT2D eigenvalue weighted by atomic mass is 10.1. The fourth-order valence-electron chi connectivity index (χ4n) is 1.63. The van der Waals surface area contributed by atoms with Crippen molar-refractivity contribution in [3.63, 3.8) is 0 Å². The highest BCUT2D eigenvalue weighted by Crippen LogP contribution is 2.24. The molecule has 0 aromatic heterocycles. The van der Waals surface area contributed by atoms with E-state index >= 15 is 0 Å². The van der Waals surface area contributed by atoms with Gasteiger partial charge in [-0.3, -0.25) is 0 Å². The van der Waals surface area contributed by atoms with E-state index in [1.807, 2.05) is 0 Å². The highest BCUT2D eigenvalue weighted by atomic mass is 19.2. The van der Waals surface area contributed by atoms with Crippen LogP contribution in [0.5, 0.6) is 5.75 Å². The van der Waals surface area contributed by atoms with Crippen molar-refractivity contribution in [1.29, 1.82) is 0 Å². The lowest BCUT2D eigenvalue weighted by Gasteiger charge is -2.20. The summed E-state index contributed by atoms with van der Waals surface area (Å²) in [5.41, 5.74) is -0.525. The number of hydrogen-bond acceptors (Lipinski definition) is 4. The molecule has 7 heteroatoms.